The Kier molecular flexibility index (Phi) is 2.84. The van der Waals surface area contributed by atoms with Crippen LogP contribution in [-0.2, 0) is 0 Å². The second-order valence-electron chi connectivity index (χ2n) is 4.87. The maximum Gasteiger partial charge on any atom is 0.131 e. The lowest BCUT2D eigenvalue weighted by molar-refractivity contribution is 0.727. The lowest BCUT2D eigenvalue weighted by atomic mass is 10.2. The Morgan fingerprint density at radius 1 is 1.05 bits per heavy atom. The first-order valence-electron chi connectivity index (χ1n) is 6.47. The highest BCUT2D eigenvalue weighted by molar-refractivity contribution is 5.81. The van der Waals surface area contributed by atoms with Crippen LogP contribution < -0.4 is 5.73 Å². The van der Waals surface area contributed by atoms with E-state index in [1.165, 1.54) is 5.56 Å². The van der Waals surface area contributed by atoms with Crippen LogP contribution >= 0.6 is 0 Å². The molecule has 0 amide bonds. The van der Waals surface area contributed by atoms with Crippen molar-refractivity contribution >= 4 is 11.0 Å². The van der Waals surface area contributed by atoms with Crippen molar-refractivity contribution in [1.82, 2.24) is 9.55 Å². The Balaban J connectivity index is 2.38. The number of nitrogens with zero attached hydrogens (tertiary/aromatic N) is 2. The molecule has 1 atom stereocenters. The van der Waals surface area contributed by atoms with E-state index >= 15 is 0 Å². The van der Waals surface area contributed by atoms with Crippen molar-refractivity contribution in [3.63, 3.8) is 0 Å². The fourth-order valence-corrected chi connectivity index (χ4v) is 2.41. The van der Waals surface area contributed by atoms with Crippen molar-refractivity contribution < 1.29 is 0 Å². The Hall–Kier alpha value is -2.13. The van der Waals surface area contributed by atoms with E-state index in [9.17, 15) is 0 Å². The fraction of sp³-hybridized carbons (Fsp3) is 0.188. The third-order valence-corrected chi connectivity index (χ3v) is 3.33. The van der Waals surface area contributed by atoms with Gasteiger partial charge in [-0.15, -0.1) is 0 Å². The molecule has 1 heterocycles. The summed E-state index contributed by atoms with van der Waals surface area (Å²) in [6.45, 7) is 4.05. The number of fused-ring (bicyclic) bond motifs is 1. The molecule has 3 rings (SSSR count). The molecule has 19 heavy (non-hydrogen) atoms. The first-order valence-corrected chi connectivity index (χ1v) is 6.47. The molecule has 0 saturated carbocycles. The van der Waals surface area contributed by atoms with Gasteiger partial charge in [0, 0.05) is 5.69 Å². The van der Waals surface area contributed by atoms with Crippen molar-refractivity contribution in [2.45, 2.75) is 19.9 Å². The summed E-state index contributed by atoms with van der Waals surface area (Å²) in [5.41, 5.74) is 10.5. The third kappa shape index (κ3) is 1.92. The number of imidazole rings is 1. The van der Waals surface area contributed by atoms with E-state index in [4.69, 9.17) is 10.7 Å². The van der Waals surface area contributed by atoms with E-state index < -0.39 is 0 Å². The minimum absolute atomic E-state index is 0.105. The molecule has 96 valence electrons. The van der Waals surface area contributed by atoms with Gasteiger partial charge >= 0.3 is 0 Å². The van der Waals surface area contributed by atoms with Gasteiger partial charge < -0.3 is 5.73 Å². The third-order valence-electron chi connectivity index (χ3n) is 3.33. The van der Waals surface area contributed by atoms with Crippen LogP contribution in [0.3, 0.4) is 0 Å². The minimum Gasteiger partial charge on any atom is -0.322 e. The Morgan fingerprint density at radius 2 is 1.79 bits per heavy atom. The highest BCUT2D eigenvalue weighted by Crippen LogP contribution is 2.26. The van der Waals surface area contributed by atoms with Crippen molar-refractivity contribution in [2.75, 3.05) is 0 Å². The summed E-state index contributed by atoms with van der Waals surface area (Å²) in [4.78, 5) is 4.73. The molecule has 3 heteroatoms. The maximum atomic E-state index is 6.08. The lowest BCUT2D eigenvalue weighted by Crippen LogP contribution is -2.12. The van der Waals surface area contributed by atoms with Crippen LogP contribution in [0.25, 0.3) is 16.7 Å². The summed E-state index contributed by atoms with van der Waals surface area (Å²) in [6, 6.07) is 16.4. The fourth-order valence-electron chi connectivity index (χ4n) is 2.41. The zero-order valence-corrected chi connectivity index (χ0v) is 11.2. The Morgan fingerprint density at radius 3 is 2.47 bits per heavy atom. The molecule has 3 aromatic rings. The molecule has 0 fully saturated rings. The van der Waals surface area contributed by atoms with Crippen LogP contribution in [0.1, 0.15) is 24.4 Å². The predicted octanol–water partition coefficient (Wildman–Crippen LogP) is 3.35. The summed E-state index contributed by atoms with van der Waals surface area (Å²) in [5.74, 6) is 0.899. The molecule has 3 nitrogen and oxygen atoms in total. The zero-order chi connectivity index (χ0) is 13.4. The number of nitrogens with two attached hydrogens (primary N) is 1. The maximum absolute atomic E-state index is 6.08. The molecule has 0 aliphatic rings. The molecule has 0 radical (unpaired) electrons. The normalized spacial score (nSPS) is 12.8. The predicted molar refractivity (Wildman–Crippen MR) is 78.4 cm³/mol. The molecule has 0 aliphatic heterocycles. The second-order valence-corrected chi connectivity index (χ2v) is 4.87. The monoisotopic (exact) mass is 251 g/mol. The summed E-state index contributed by atoms with van der Waals surface area (Å²) >= 11 is 0. The van der Waals surface area contributed by atoms with Gasteiger partial charge in [0.05, 0.1) is 17.1 Å². The van der Waals surface area contributed by atoms with Gasteiger partial charge in [-0.1, -0.05) is 30.3 Å². The van der Waals surface area contributed by atoms with E-state index in [0.29, 0.717) is 0 Å². The molecule has 2 aromatic carbocycles. The molecule has 0 spiro atoms. The average molecular weight is 251 g/mol. The van der Waals surface area contributed by atoms with Crippen molar-refractivity contribution in [3.05, 3.63) is 59.9 Å². The molecule has 1 aromatic heterocycles. The molecule has 0 unspecified atom stereocenters. The summed E-state index contributed by atoms with van der Waals surface area (Å²) in [5, 5.41) is 0. The van der Waals surface area contributed by atoms with E-state index in [-0.39, 0.29) is 6.04 Å². The second kappa shape index (κ2) is 4.52. The Bertz CT molecular complexity index is 711. The van der Waals surface area contributed by atoms with Crippen LogP contribution in [0, 0.1) is 6.92 Å². The van der Waals surface area contributed by atoms with Gasteiger partial charge in [-0.05, 0) is 37.6 Å². The molecule has 0 aliphatic carbocycles. The number of para-hydroxylation sites is 2. The van der Waals surface area contributed by atoms with Crippen molar-refractivity contribution in [3.8, 4) is 5.69 Å². The minimum atomic E-state index is -0.105. The van der Waals surface area contributed by atoms with Crippen LogP contribution in [-0.4, -0.2) is 9.55 Å². The highest BCUT2D eigenvalue weighted by atomic mass is 15.1. The van der Waals surface area contributed by atoms with E-state index in [1.807, 2.05) is 25.1 Å². The highest BCUT2D eigenvalue weighted by Gasteiger charge is 2.15. The smallest absolute Gasteiger partial charge is 0.131 e. The summed E-state index contributed by atoms with van der Waals surface area (Å²) in [6.07, 6.45) is 0. The number of aryl methyl sites for hydroxylation is 1. The van der Waals surface area contributed by atoms with E-state index in [0.717, 1.165) is 22.5 Å². The number of benzene rings is 2. The van der Waals surface area contributed by atoms with Crippen LogP contribution in [0.4, 0.5) is 0 Å². The number of hydrogen-bond acceptors (Lipinski definition) is 2. The van der Waals surface area contributed by atoms with Gasteiger partial charge in [0.2, 0.25) is 0 Å². The largest absolute Gasteiger partial charge is 0.322 e. The standard InChI is InChI=1S/C16H17N3/c1-11-7-6-10-14-15(11)18-16(12(2)17)19(14)13-8-4-3-5-9-13/h3-10,12H,17H2,1-2H3/t12-/m1/s1. The lowest BCUT2D eigenvalue weighted by Gasteiger charge is -2.11. The molecular weight excluding hydrogens is 234 g/mol. The van der Waals surface area contributed by atoms with E-state index in [2.05, 4.69) is 41.8 Å². The van der Waals surface area contributed by atoms with Gasteiger partial charge in [-0.2, -0.15) is 0 Å². The van der Waals surface area contributed by atoms with Crippen LogP contribution in [0.5, 0.6) is 0 Å². The van der Waals surface area contributed by atoms with Crippen molar-refractivity contribution in [1.29, 1.82) is 0 Å². The molecular formula is C16H17N3. The SMILES string of the molecule is Cc1cccc2c1nc([C@@H](C)N)n2-c1ccccc1. The molecule has 2 N–H and O–H groups in total. The quantitative estimate of drug-likeness (QED) is 0.759. The average Bonchev–Trinajstić information content (AvgIpc) is 2.81. The number of aromatic nitrogens is 2. The van der Waals surface area contributed by atoms with Gasteiger partial charge in [-0.25, -0.2) is 4.98 Å². The van der Waals surface area contributed by atoms with Crippen LogP contribution in [0.15, 0.2) is 48.5 Å². The first-order chi connectivity index (χ1) is 9.18. The topological polar surface area (TPSA) is 43.8 Å². The molecule has 0 saturated heterocycles. The Labute approximate surface area is 112 Å². The summed E-state index contributed by atoms with van der Waals surface area (Å²) in [7, 11) is 0. The van der Waals surface area contributed by atoms with Gasteiger partial charge in [0.15, 0.2) is 0 Å². The summed E-state index contributed by atoms with van der Waals surface area (Å²) < 4.78 is 2.15. The van der Waals surface area contributed by atoms with Gasteiger partial charge in [0.1, 0.15) is 5.82 Å². The zero-order valence-electron chi connectivity index (χ0n) is 11.2. The van der Waals surface area contributed by atoms with Crippen LogP contribution in [0.2, 0.25) is 0 Å². The number of rotatable bonds is 2. The van der Waals surface area contributed by atoms with E-state index in [1.54, 1.807) is 0 Å². The van der Waals surface area contributed by atoms with Gasteiger partial charge in [-0.3, -0.25) is 4.57 Å². The van der Waals surface area contributed by atoms with Gasteiger partial charge in [0.25, 0.3) is 0 Å². The first kappa shape index (κ1) is 11.9. The molecule has 0 bridgehead atoms. The van der Waals surface area contributed by atoms with Crippen molar-refractivity contribution in [2.24, 2.45) is 5.73 Å². The number of hydrogen-bond donors (Lipinski definition) is 1.